The molecule has 1 aliphatic rings. The van der Waals surface area contributed by atoms with Crippen LogP contribution in [0.1, 0.15) is 5.56 Å². The van der Waals surface area contributed by atoms with Crippen molar-refractivity contribution in [1.82, 2.24) is 0 Å². The molecule has 0 N–H and O–H groups in total. The first-order chi connectivity index (χ1) is 8.47. The van der Waals surface area contributed by atoms with Crippen molar-refractivity contribution in [2.45, 2.75) is 6.42 Å². The van der Waals surface area contributed by atoms with Gasteiger partial charge in [-0.2, -0.15) is 0 Å². The van der Waals surface area contributed by atoms with Crippen LogP contribution in [-0.2, 0) is 6.42 Å². The molecule has 0 radical (unpaired) electrons. The van der Waals surface area contributed by atoms with Gasteiger partial charge in [-0.3, -0.25) is 0 Å². The number of ether oxygens (including phenoxy) is 1. The Hall–Kier alpha value is -2.20. The minimum atomic E-state index is 0.525. The molecule has 0 spiro atoms. The van der Waals surface area contributed by atoms with E-state index >= 15 is 0 Å². The minimum absolute atomic E-state index is 0.525. The summed E-state index contributed by atoms with van der Waals surface area (Å²) in [7, 11) is 0. The second kappa shape index (κ2) is 6.40. The average molecular weight is 222 g/mol. The summed E-state index contributed by atoms with van der Waals surface area (Å²) in [6, 6.07) is 20.0. The average Bonchev–Trinajstić information content (AvgIpc) is 2.66. The maximum Gasteiger partial charge on any atom is 0.149 e. The molecular formula is C16H14O. The van der Waals surface area contributed by atoms with Gasteiger partial charge in [0.15, 0.2) is 0 Å². The molecule has 1 heteroatoms. The van der Waals surface area contributed by atoms with E-state index < -0.39 is 0 Å². The Morgan fingerprint density at radius 3 is 2.12 bits per heavy atom. The van der Waals surface area contributed by atoms with Crippen molar-refractivity contribution in [2.75, 3.05) is 6.61 Å². The number of fused-ring (bicyclic) bond motifs is 1. The predicted octanol–water partition coefficient (Wildman–Crippen LogP) is 3.31. The van der Waals surface area contributed by atoms with Gasteiger partial charge in [0.05, 0.1) is 0 Å². The minimum Gasteiger partial charge on any atom is -0.481 e. The van der Waals surface area contributed by atoms with E-state index in [-0.39, 0.29) is 0 Å². The van der Waals surface area contributed by atoms with Crippen molar-refractivity contribution in [2.24, 2.45) is 0 Å². The fourth-order valence-corrected chi connectivity index (χ4v) is 1.50. The topological polar surface area (TPSA) is 9.23 Å². The third kappa shape index (κ3) is 3.70. The first-order valence-electron chi connectivity index (χ1n) is 5.63. The highest BCUT2D eigenvalue weighted by Crippen LogP contribution is 2.18. The van der Waals surface area contributed by atoms with Gasteiger partial charge in [-0.25, -0.2) is 0 Å². The summed E-state index contributed by atoms with van der Waals surface area (Å²) < 4.78 is 5.37. The number of rotatable bonds is 0. The summed E-state index contributed by atoms with van der Waals surface area (Å²) in [5, 5.41) is 0. The molecule has 3 rings (SSSR count). The quantitative estimate of drug-likeness (QED) is 0.621. The molecule has 0 bridgehead atoms. The van der Waals surface area contributed by atoms with Gasteiger partial charge in [0, 0.05) is 12.0 Å². The van der Waals surface area contributed by atoms with Crippen molar-refractivity contribution in [1.29, 1.82) is 0 Å². The van der Waals surface area contributed by atoms with Gasteiger partial charge < -0.3 is 4.74 Å². The van der Waals surface area contributed by atoms with E-state index in [1.54, 1.807) is 0 Å². The van der Waals surface area contributed by atoms with E-state index in [2.05, 4.69) is 17.9 Å². The molecule has 0 amide bonds. The van der Waals surface area contributed by atoms with E-state index in [4.69, 9.17) is 4.74 Å². The van der Waals surface area contributed by atoms with Crippen LogP contribution in [0.4, 0.5) is 0 Å². The third-order valence-corrected chi connectivity index (χ3v) is 2.34. The molecule has 1 heterocycles. The molecule has 2 aromatic carbocycles. The Bertz CT molecular complexity index is 479. The van der Waals surface area contributed by atoms with Crippen molar-refractivity contribution in [3.8, 4) is 17.6 Å². The molecule has 0 atom stereocenters. The number of hydrogen-bond donors (Lipinski definition) is 0. The van der Waals surface area contributed by atoms with E-state index in [1.807, 2.05) is 54.6 Å². The van der Waals surface area contributed by atoms with Crippen LogP contribution >= 0.6 is 0 Å². The summed E-state index contributed by atoms with van der Waals surface area (Å²) in [6.45, 7) is 0.525. The molecule has 0 saturated carbocycles. The molecule has 0 saturated heterocycles. The first-order valence-corrected chi connectivity index (χ1v) is 5.63. The second-order valence-corrected chi connectivity index (χ2v) is 3.58. The van der Waals surface area contributed by atoms with Crippen LogP contribution in [0.25, 0.3) is 0 Å². The number of hydrogen-bond acceptors (Lipinski definition) is 1. The zero-order chi connectivity index (χ0) is 11.8. The van der Waals surface area contributed by atoms with Crippen LogP contribution in [0.15, 0.2) is 60.7 Å². The fraction of sp³-hybridized carbons (Fsp3) is 0.125. The molecule has 84 valence electrons. The Labute approximate surface area is 102 Å². The van der Waals surface area contributed by atoms with Crippen LogP contribution < -0.4 is 4.74 Å². The van der Waals surface area contributed by atoms with Crippen molar-refractivity contribution in [3.63, 3.8) is 0 Å². The Morgan fingerprint density at radius 2 is 1.41 bits per heavy atom. The maximum atomic E-state index is 5.37. The molecule has 0 aliphatic carbocycles. The van der Waals surface area contributed by atoms with Crippen molar-refractivity contribution < 1.29 is 4.74 Å². The number of benzene rings is 2. The van der Waals surface area contributed by atoms with Gasteiger partial charge in [-0.05, 0) is 6.07 Å². The Kier molecular flexibility index (Phi) is 4.25. The first kappa shape index (κ1) is 11.3. The van der Waals surface area contributed by atoms with E-state index in [1.165, 1.54) is 5.56 Å². The van der Waals surface area contributed by atoms with Crippen LogP contribution in [0.5, 0.6) is 5.75 Å². The van der Waals surface area contributed by atoms with Gasteiger partial charge in [-0.1, -0.05) is 66.4 Å². The van der Waals surface area contributed by atoms with Gasteiger partial charge in [0.1, 0.15) is 12.4 Å². The SMILES string of the molecule is C1#CCc2ccccc2OC1.c1ccccc1. The van der Waals surface area contributed by atoms with E-state index in [0.29, 0.717) is 6.61 Å². The lowest BCUT2D eigenvalue weighted by Crippen LogP contribution is -1.93. The molecule has 1 nitrogen and oxygen atoms in total. The molecule has 0 unspecified atom stereocenters. The standard InChI is InChI=1S/C10H8O.C6H6/c1-2-7-10-9(5-1)6-3-4-8-11-10;1-2-4-6-5-3-1/h1-2,5,7H,6,8H2;1-6H. The summed E-state index contributed by atoms with van der Waals surface area (Å²) in [5.74, 6) is 6.91. The largest absolute Gasteiger partial charge is 0.481 e. The zero-order valence-electron chi connectivity index (χ0n) is 9.60. The van der Waals surface area contributed by atoms with E-state index in [9.17, 15) is 0 Å². The van der Waals surface area contributed by atoms with E-state index in [0.717, 1.165) is 12.2 Å². The summed E-state index contributed by atoms with van der Waals surface area (Å²) in [4.78, 5) is 0. The van der Waals surface area contributed by atoms with Crippen LogP contribution in [0.3, 0.4) is 0 Å². The Balaban J connectivity index is 0.000000153. The van der Waals surface area contributed by atoms with Gasteiger partial charge >= 0.3 is 0 Å². The third-order valence-electron chi connectivity index (χ3n) is 2.34. The number of para-hydroxylation sites is 1. The lowest BCUT2D eigenvalue weighted by Gasteiger charge is -2.03. The summed E-state index contributed by atoms with van der Waals surface area (Å²) in [5.41, 5.74) is 1.19. The molecule has 17 heavy (non-hydrogen) atoms. The molecular weight excluding hydrogens is 208 g/mol. The van der Waals surface area contributed by atoms with Crippen LogP contribution in [-0.4, -0.2) is 6.61 Å². The summed E-state index contributed by atoms with van der Waals surface area (Å²) in [6.07, 6.45) is 0.816. The lowest BCUT2D eigenvalue weighted by molar-refractivity contribution is 0.369. The maximum absolute atomic E-state index is 5.37. The molecule has 0 aromatic heterocycles. The van der Waals surface area contributed by atoms with Crippen LogP contribution in [0.2, 0.25) is 0 Å². The molecule has 2 aromatic rings. The molecule has 0 fully saturated rings. The second-order valence-electron chi connectivity index (χ2n) is 3.58. The van der Waals surface area contributed by atoms with Crippen molar-refractivity contribution in [3.05, 3.63) is 66.2 Å². The Morgan fingerprint density at radius 1 is 0.765 bits per heavy atom. The van der Waals surface area contributed by atoms with Crippen molar-refractivity contribution >= 4 is 0 Å². The normalized spacial score (nSPS) is 11.5. The predicted molar refractivity (Wildman–Crippen MR) is 69.9 cm³/mol. The highest BCUT2D eigenvalue weighted by molar-refractivity contribution is 5.37. The zero-order valence-corrected chi connectivity index (χ0v) is 9.60. The highest BCUT2D eigenvalue weighted by Gasteiger charge is 2.01. The van der Waals surface area contributed by atoms with Crippen LogP contribution in [0, 0.1) is 11.8 Å². The highest BCUT2D eigenvalue weighted by atomic mass is 16.5. The lowest BCUT2D eigenvalue weighted by atomic mass is 10.1. The summed E-state index contributed by atoms with van der Waals surface area (Å²) >= 11 is 0. The van der Waals surface area contributed by atoms with Gasteiger partial charge in [-0.15, -0.1) is 0 Å². The van der Waals surface area contributed by atoms with Gasteiger partial charge in [0.2, 0.25) is 0 Å². The monoisotopic (exact) mass is 222 g/mol. The van der Waals surface area contributed by atoms with Gasteiger partial charge in [0.25, 0.3) is 0 Å². The molecule has 1 aliphatic heterocycles. The smallest absolute Gasteiger partial charge is 0.149 e. The fourth-order valence-electron chi connectivity index (χ4n) is 1.50.